The first-order valence-corrected chi connectivity index (χ1v) is 8.60. The smallest absolute Gasteiger partial charge is 0.274 e. The van der Waals surface area contributed by atoms with E-state index in [-0.39, 0.29) is 5.91 Å². The summed E-state index contributed by atoms with van der Waals surface area (Å²) >= 11 is 0. The summed E-state index contributed by atoms with van der Waals surface area (Å²) in [7, 11) is 0. The van der Waals surface area contributed by atoms with Gasteiger partial charge in [0.15, 0.2) is 0 Å². The molecule has 5 heteroatoms. The van der Waals surface area contributed by atoms with E-state index in [2.05, 4.69) is 17.4 Å². The molecule has 5 nitrogen and oxygen atoms in total. The van der Waals surface area contributed by atoms with Crippen LogP contribution in [0, 0.1) is 0 Å². The fourth-order valence-corrected chi connectivity index (χ4v) is 2.73. The fraction of sp³-hybridized carbons (Fsp3) is 0.0909. The van der Waals surface area contributed by atoms with E-state index in [9.17, 15) is 9.59 Å². The fourth-order valence-electron chi connectivity index (χ4n) is 2.73. The van der Waals surface area contributed by atoms with Crippen molar-refractivity contribution in [2.45, 2.75) is 13.0 Å². The van der Waals surface area contributed by atoms with Crippen LogP contribution in [0.4, 0.5) is 0 Å². The first-order valence-electron chi connectivity index (χ1n) is 8.60. The zero-order chi connectivity index (χ0) is 19.1. The molecule has 0 fully saturated rings. The van der Waals surface area contributed by atoms with Crippen molar-refractivity contribution in [2.24, 2.45) is 0 Å². The molecule has 0 radical (unpaired) electrons. The molecular formula is C22H20N2O3. The molecule has 0 atom stereocenters. The minimum Gasteiger partial charge on any atom is -0.352 e. The molecule has 0 saturated carbocycles. The summed E-state index contributed by atoms with van der Waals surface area (Å²) in [6.07, 6.45) is 0.306. The second-order valence-electron chi connectivity index (χ2n) is 6.15. The third-order valence-electron chi connectivity index (χ3n) is 4.23. The van der Waals surface area contributed by atoms with Gasteiger partial charge in [-0.25, -0.2) is 5.48 Å². The Hall–Kier alpha value is -3.44. The first kappa shape index (κ1) is 18.4. The monoisotopic (exact) mass is 360 g/mol. The van der Waals surface area contributed by atoms with Gasteiger partial charge in [0.05, 0.1) is 6.42 Å². The number of hydrogen-bond acceptors (Lipinski definition) is 3. The number of hydrogen-bond donors (Lipinski definition) is 3. The summed E-state index contributed by atoms with van der Waals surface area (Å²) in [6.45, 7) is 0.377. The zero-order valence-corrected chi connectivity index (χ0v) is 14.7. The molecule has 0 spiro atoms. The highest BCUT2D eigenvalue weighted by Crippen LogP contribution is 2.19. The second-order valence-corrected chi connectivity index (χ2v) is 6.15. The van der Waals surface area contributed by atoms with Gasteiger partial charge in [0.1, 0.15) is 0 Å². The normalized spacial score (nSPS) is 10.3. The molecule has 0 unspecified atom stereocenters. The highest BCUT2D eigenvalue weighted by atomic mass is 16.5. The van der Waals surface area contributed by atoms with Crippen LogP contribution in [-0.2, 0) is 17.8 Å². The quantitative estimate of drug-likeness (QED) is 0.466. The van der Waals surface area contributed by atoms with Crippen LogP contribution < -0.4 is 10.8 Å². The molecule has 0 aliphatic carbocycles. The summed E-state index contributed by atoms with van der Waals surface area (Å²) < 4.78 is 0. The Kier molecular flexibility index (Phi) is 5.97. The van der Waals surface area contributed by atoms with E-state index in [0.717, 1.165) is 22.3 Å². The zero-order valence-electron chi connectivity index (χ0n) is 14.7. The number of amides is 2. The predicted octanol–water partition coefficient (Wildman–Crippen LogP) is 3.33. The third kappa shape index (κ3) is 5.03. The molecule has 0 heterocycles. The van der Waals surface area contributed by atoms with Gasteiger partial charge >= 0.3 is 0 Å². The Balaban J connectivity index is 1.52. The van der Waals surface area contributed by atoms with E-state index >= 15 is 0 Å². The van der Waals surface area contributed by atoms with E-state index in [1.165, 1.54) is 0 Å². The van der Waals surface area contributed by atoms with Crippen LogP contribution in [0.25, 0.3) is 11.1 Å². The Morgan fingerprint density at radius 1 is 0.741 bits per heavy atom. The summed E-state index contributed by atoms with van der Waals surface area (Å²) in [6, 6.07) is 24.7. The molecule has 0 bridgehead atoms. The van der Waals surface area contributed by atoms with E-state index in [1.54, 1.807) is 29.7 Å². The summed E-state index contributed by atoms with van der Waals surface area (Å²) in [5.41, 5.74) is 6.02. The van der Waals surface area contributed by atoms with Crippen LogP contribution in [0.15, 0.2) is 78.9 Å². The van der Waals surface area contributed by atoms with Gasteiger partial charge in [-0.3, -0.25) is 14.8 Å². The Morgan fingerprint density at radius 3 is 1.96 bits per heavy atom. The highest BCUT2D eigenvalue weighted by Gasteiger charge is 2.06. The first-order chi connectivity index (χ1) is 13.2. The number of carbonyl (C=O) groups excluding carboxylic acids is 2. The van der Waals surface area contributed by atoms with Gasteiger partial charge < -0.3 is 5.32 Å². The van der Waals surface area contributed by atoms with Crippen LogP contribution in [-0.4, -0.2) is 17.0 Å². The van der Waals surface area contributed by atoms with Crippen molar-refractivity contribution in [1.82, 2.24) is 10.8 Å². The average molecular weight is 360 g/mol. The number of carbonyl (C=O) groups is 2. The lowest BCUT2D eigenvalue weighted by Gasteiger charge is -2.07. The van der Waals surface area contributed by atoms with Crippen LogP contribution in [0.3, 0.4) is 0 Å². The van der Waals surface area contributed by atoms with Crippen LogP contribution in [0.1, 0.15) is 21.5 Å². The molecule has 2 amide bonds. The van der Waals surface area contributed by atoms with Gasteiger partial charge in [0, 0.05) is 12.1 Å². The minimum atomic E-state index is -0.565. The van der Waals surface area contributed by atoms with Crippen molar-refractivity contribution in [3.05, 3.63) is 95.6 Å². The SMILES string of the molecule is O=C(Cc1ccc(-c2ccccc2)cc1)NCc1ccc(C(=O)NO)cc1. The number of benzene rings is 3. The summed E-state index contributed by atoms with van der Waals surface area (Å²) in [5.74, 6) is -0.635. The second kappa shape index (κ2) is 8.78. The van der Waals surface area contributed by atoms with Crippen molar-refractivity contribution < 1.29 is 14.8 Å². The van der Waals surface area contributed by atoms with Gasteiger partial charge in [-0.2, -0.15) is 0 Å². The van der Waals surface area contributed by atoms with E-state index in [1.807, 2.05) is 42.5 Å². The molecule has 0 aromatic heterocycles. The van der Waals surface area contributed by atoms with Crippen molar-refractivity contribution in [2.75, 3.05) is 0 Å². The number of rotatable bonds is 6. The molecule has 136 valence electrons. The topological polar surface area (TPSA) is 78.4 Å². The average Bonchev–Trinajstić information content (AvgIpc) is 2.73. The maximum atomic E-state index is 12.2. The Labute approximate surface area is 157 Å². The largest absolute Gasteiger partial charge is 0.352 e. The summed E-state index contributed by atoms with van der Waals surface area (Å²) in [5, 5.41) is 11.5. The maximum absolute atomic E-state index is 12.2. The van der Waals surface area contributed by atoms with Crippen LogP contribution >= 0.6 is 0 Å². The molecule has 3 aromatic carbocycles. The molecule has 3 aromatic rings. The third-order valence-corrected chi connectivity index (χ3v) is 4.23. The Morgan fingerprint density at radius 2 is 1.33 bits per heavy atom. The van der Waals surface area contributed by atoms with Gasteiger partial charge in [-0.15, -0.1) is 0 Å². The standard InChI is InChI=1S/C22H20N2O3/c25-21(23-15-17-8-12-20(13-9-17)22(26)24-27)14-16-6-10-19(11-7-16)18-4-2-1-3-5-18/h1-13,27H,14-15H2,(H,23,25)(H,24,26). The lowest BCUT2D eigenvalue weighted by molar-refractivity contribution is -0.120. The molecule has 3 N–H and O–H groups in total. The van der Waals surface area contributed by atoms with Crippen molar-refractivity contribution >= 4 is 11.8 Å². The van der Waals surface area contributed by atoms with E-state index in [0.29, 0.717) is 18.5 Å². The van der Waals surface area contributed by atoms with Crippen molar-refractivity contribution in [3.8, 4) is 11.1 Å². The van der Waals surface area contributed by atoms with E-state index < -0.39 is 5.91 Å². The maximum Gasteiger partial charge on any atom is 0.274 e. The lowest BCUT2D eigenvalue weighted by atomic mass is 10.0. The predicted molar refractivity (Wildman–Crippen MR) is 103 cm³/mol. The summed E-state index contributed by atoms with van der Waals surface area (Å²) in [4.78, 5) is 23.4. The van der Waals surface area contributed by atoms with Gasteiger partial charge in [-0.05, 0) is 34.4 Å². The van der Waals surface area contributed by atoms with Crippen LogP contribution in [0.2, 0.25) is 0 Å². The van der Waals surface area contributed by atoms with Gasteiger partial charge in [0.25, 0.3) is 5.91 Å². The van der Waals surface area contributed by atoms with Crippen molar-refractivity contribution in [3.63, 3.8) is 0 Å². The molecule has 0 aliphatic heterocycles. The number of hydroxylamine groups is 1. The van der Waals surface area contributed by atoms with Gasteiger partial charge in [-0.1, -0.05) is 66.7 Å². The molecule has 0 saturated heterocycles. The Bertz CT molecular complexity index is 905. The van der Waals surface area contributed by atoms with Crippen LogP contribution in [0.5, 0.6) is 0 Å². The molecular weight excluding hydrogens is 340 g/mol. The highest BCUT2D eigenvalue weighted by molar-refractivity contribution is 5.93. The molecule has 27 heavy (non-hydrogen) atoms. The van der Waals surface area contributed by atoms with E-state index in [4.69, 9.17) is 5.21 Å². The lowest BCUT2D eigenvalue weighted by Crippen LogP contribution is -2.24. The molecule has 3 rings (SSSR count). The molecule has 0 aliphatic rings. The van der Waals surface area contributed by atoms with Crippen molar-refractivity contribution in [1.29, 1.82) is 0 Å². The van der Waals surface area contributed by atoms with Gasteiger partial charge in [0.2, 0.25) is 5.91 Å². The number of nitrogens with one attached hydrogen (secondary N) is 2. The minimum absolute atomic E-state index is 0.0698.